The van der Waals surface area contributed by atoms with Crippen molar-refractivity contribution in [3.8, 4) is 0 Å². The van der Waals surface area contributed by atoms with Gasteiger partial charge in [0.1, 0.15) is 12.6 Å². The third-order valence-electron chi connectivity index (χ3n) is 5.39. The number of nitrogens with zero attached hydrogens (tertiary/aromatic N) is 1. The van der Waals surface area contributed by atoms with Crippen LogP contribution < -0.4 is 27.4 Å². The van der Waals surface area contributed by atoms with Gasteiger partial charge in [-0.25, -0.2) is 0 Å². The quantitative estimate of drug-likeness (QED) is 0.266. The van der Waals surface area contributed by atoms with E-state index in [9.17, 15) is 9.90 Å². The lowest BCUT2D eigenvalue weighted by Crippen LogP contribution is -3.00. The summed E-state index contributed by atoms with van der Waals surface area (Å²) in [5, 5.41) is 21.1. The fraction of sp³-hybridized carbons (Fsp3) is 0.952. The second-order valence-corrected chi connectivity index (χ2v) is 7.13. The van der Waals surface area contributed by atoms with Crippen molar-refractivity contribution in [1.82, 2.24) is 5.32 Å². The van der Waals surface area contributed by atoms with Crippen molar-refractivity contribution in [2.45, 2.75) is 91.9 Å². The number of carboxylic acid groups (broad SMARTS) is 1. The number of unbranched alkanes of at least 4 members (excludes halogenated alkanes) is 9. The van der Waals surface area contributed by atoms with E-state index in [2.05, 4.69) is 33.0 Å². The van der Waals surface area contributed by atoms with Gasteiger partial charge in [0.15, 0.2) is 0 Å². The lowest BCUT2D eigenvalue weighted by molar-refractivity contribution is -0.923. The highest BCUT2D eigenvalue weighted by Gasteiger charge is 2.18. The van der Waals surface area contributed by atoms with Crippen molar-refractivity contribution in [2.75, 3.05) is 39.3 Å². The lowest BCUT2D eigenvalue weighted by atomic mass is 10.1. The lowest BCUT2D eigenvalue weighted by Gasteiger charge is -2.34. The Hall–Kier alpha value is -0.330. The first-order chi connectivity index (χ1) is 12.5. The van der Waals surface area contributed by atoms with E-state index in [0.29, 0.717) is 13.2 Å². The average Bonchev–Trinajstić information content (AvgIpc) is 2.64. The Balaban J connectivity index is -0.000000454. The molecule has 0 heterocycles. The highest BCUT2D eigenvalue weighted by molar-refractivity contribution is 5.61. The van der Waals surface area contributed by atoms with Gasteiger partial charge in [-0.1, -0.05) is 64.7 Å². The summed E-state index contributed by atoms with van der Waals surface area (Å²) in [6, 6.07) is 0. The van der Waals surface area contributed by atoms with Crippen LogP contribution in [0.5, 0.6) is 0 Å². The van der Waals surface area contributed by atoms with E-state index in [1.165, 1.54) is 51.4 Å². The van der Waals surface area contributed by atoms with Gasteiger partial charge < -0.3 is 41.8 Å². The van der Waals surface area contributed by atoms with Crippen LogP contribution in [0.2, 0.25) is 0 Å². The van der Waals surface area contributed by atoms with Crippen molar-refractivity contribution in [3.05, 3.63) is 0 Å². The van der Waals surface area contributed by atoms with Crippen molar-refractivity contribution in [3.63, 3.8) is 0 Å². The SMILES string of the molecule is CCCCCCCCCCCCNC(=O)[O-].CC[N+](CC)(CC)CCO.[Br-]. The van der Waals surface area contributed by atoms with E-state index in [1.54, 1.807) is 0 Å². The first-order valence-electron chi connectivity index (χ1n) is 10.9. The molecule has 0 fully saturated rings. The van der Waals surface area contributed by atoms with Crippen LogP contribution in [0.15, 0.2) is 0 Å². The highest BCUT2D eigenvalue weighted by atomic mass is 79.9. The smallest absolute Gasteiger partial charge is 0.134 e. The van der Waals surface area contributed by atoms with Crippen LogP contribution in [0.4, 0.5) is 4.79 Å². The van der Waals surface area contributed by atoms with Crippen LogP contribution in [-0.4, -0.2) is 55.0 Å². The molecule has 1 amide bonds. The molecule has 0 bridgehead atoms. The third kappa shape index (κ3) is 21.8. The summed E-state index contributed by atoms with van der Waals surface area (Å²) in [7, 11) is 0. The van der Waals surface area contributed by atoms with Gasteiger partial charge in [0.05, 0.1) is 26.2 Å². The zero-order chi connectivity index (χ0) is 20.1. The number of hydrogen-bond acceptors (Lipinski definition) is 3. The minimum absolute atomic E-state index is 0. The summed E-state index contributed by atoms with van der Waals surface area (Å²) >= 11 is 0. The number of nitrogens with one attached hydrogen (secondary N) is 1. The van der Waals surface area contributed by atoms with Crippen LogP contribution in [0.1, 0.15) is 91.9 Å². The number of hydrogen-bond donors (Lipinski definition) is 2. The minimum Gasteiger partial charge on any atom is -1.00 e. The number of carbonyl (C=O) groups excluding carboxylic acids is 1. The van der Waals surface area contributed by atoms with Crippen LogP contribution in [0.3, 0.4) is 0 Å². The van der Waals surface area contributed by atoms with Crippen molar-refractivity contribution < 1.29 is 36.5 Å². The maximum Gasteiger partial charge on any atom is 0.134 e. The van der Waals surface area contributed by atoms with E-state index < -0.39 is 6.09 Å². The fourth-order valence-corrected chi connectivity index (χ4v) is 3.16. The Bertz CT molecular complexity index is 293. The third-order valence-corrected chi connectivity index (χ3v) is 5.39. The van der Waals surface area contributed by atoms with E-state index in [1.807, 2.05) is 0 Å². The van der Waals surface area contributed by atoms with Gasteiger partial charge in [-0.05, 0) is 27.2 Å². The molecule has 0 rings (SSSR count). The summed E-state index contributed by atoms with van der Waals surface area (Å²) in [6.45, 7) is 13.9. The molecule has 0 aliphatic heterocycles. The van der Waals surface area contributed by atoms with Gasteiger partial charge in [-0.2, -0.15) is 0 Å². The normalized spacial score (nSPS) is 10.6. The first-order valence-corrected chi connectivity index (χ1v) is 10.9. The summed E-state index contributed by atoms with van der Waals surface area (Å²) in [5.74, 6) is 0. The molecule has 0 aromatic heterocycles. The number of halogens is 1. The molecule has 0 aromatic rings. The van der Waals surface area contributed by atoms with Gasteiger partial charge in [0.2, 0.25) is 0 Å². The molecule has 0 spiro atoms. The molecule has 0 radical (unpaired) electrons. The van der Waals surface area contributed by atoms with Gasteiger partial charge in [0.25, 0.3) is 0 Å². The largest absolute Gasteiger partial charge is 1.00 e. The van der Waals surface area contributed by atoms with Crippen LogP contribution in [0.25, 0.3) is 0 Å². The topological polar surface area (TPSA) is 72.4 Å². The zero-order valence-electron chi connectivity index (χ0n) is 18.4. The van der Waals surface area contributed by atoms with Gasteiger partial charge >= 0.3 is 0 Å². The number of rotatable bonds is 16. The fourth-order valence-electron chi connectivity index (χ4n) is 3.16. The molecule has 0 saturated carbocycles. The molecule has 0 aromatic carbocycles. The molecule has 27 heavy (non-hydrogen) atoms. The summed E-state index contributed by atoms with van der Waals surface area (Å²) in [5.41, 5.74) is 0. The van der Waals surface area contributed by atoms with Crippen LogP contribution in [0, 0.1) is 0 Å². The van der Waals surface area contributed by atoms with Crippen molar-refractivity contribution >= 4 is 6.09 Å². The minimum atomic E-state index is -1.16. The molecule has 0 aliphatic rings. The monoisotopic (exact) mass is 453 g/mol. The van der Waals surface area contributed by atoms with Crippen LogP contribution in [-0.2, 0) is 0 Å². The number of likely N-dealkylation sites (N-methyl/N-ethyl adjacent to an activating group) is 1. The Morgan fingerprint density at radius 1 is 0.815 bits per heavy atom. The maximum absolute atomic E-state index is 10.0. The van der Waals surface area contributed by atoms with Crippen molar-refractivity contribution in [2.24, 2.45) is 0 Å². The highest BCUT2D eigenvalue weighted by Crippen LogP contribution is 2.10. The second kappa shape index (κ2) is 23.7. The predicted octanol–water partition coefficient (Wildman–Crippen LogP) is 0.699. The Kier molecular flexibility index (Phi) is 27.5. The molecule has 166 valence electrons. The molecule has 5 nitrogen and oxygen atoms in total. The Morgan fingerprint density at radius 3 is 1.52 bits per heavy atom. The summed E-state index contributed by atoms with van der Waals surface area (Å²) in [6.07, 6.45) is 11.5. The molecule has 6 heteroatoms. The van der Waals surface area contributed by atoms with Gasteiger partial charge in [-0.15, -0.1) is 0 Å². The van der Waals surface area contributed by atoms with Gasteiger partial charge in [0, 0.05) is 6.54 Å². The first kappa shape index (κ1) is 31.4. The van der Waals surface area contributed by atoms with E-state index in [-0.39, 0.29) is 17.0 Å². The maximum atomic E-state index is 10.0. The number of aliphatic hydroxyl groups excluding tert-OH is 1. The average molecular weight is 455 g/mol. The number of amides is 1. The second-order valence-electron chi connectivity index (χ2n) is 7.13. The standard InChI is InChI=1S/C13H27NO2.C8H20NO.BrH/c1-2-3-4-5-6-7-8-9-10-11-12-14-13(15)16;1-4-9(5-2,6-3)7-8-10;/h14H,2-12H2,1H3,(H,15,16);10H,4-8H2,1-3H3;1H/q;+1;/p-2. The molecule has 2 N–H and O–H groups in total. The van der Waals surface area contributed by atoms with Crippen LogP contribution >= 0.6 is 0 Å². The summed E-state index contributed by atoms with van der Waals surface area (Å²) in [4.78, 5) is 10.0. The molecule has 0 unspecified atom stereocenters. The molecular formula is C21H46BrN2O3-. The predicted molar refractivity (Wildman–Crippen MR) is 109 cm³/mol. The Labute approximate surface area is 179 Å². The Morgan fingerprint density at radius 2 is 1.22 bits per heavy atom. The zero-order valence-corrected chi connectivity index (χ0v) is 20.0. The molecular weight excluding hydrogens is 408 g/mol. The molecule has 0 saturated heterocycles. The van der Waals surface area contributed by atoms with Gasteiger partial charge in [-0.3, -0.25) is 0 Å². The molecule has 0 aliphatic carbocycles. The van der Waals surface area contributed by atoms with Crippen molar-refractivity contribution in [1.29, 1.82) is 0 Å². The number of quaternary nitrogens is 1. The van der Waals surface area contributed by atoms with E-state index in [0.717, 1.165) is 43.5 Å². The van der Waals surface area contributed by atoms with E-state index >= 15 is 0 Å². The summed E-state index contributed by atoms with van der Waals surface area (Å²) < 4.78 is 1.05. The number of aliphatic hydroxyl groups is 1. The molecule has 0 atom stereocenters. The van der Waals surface area contributed by atoms with E-state index in [4.69, 9.17) is 5.11 Å². The number of carbonyl (C=O) groups is 1.